The van der Waals surface area contributed by atoms with Crippen LogP contribution in [0.3, 0.4) is 0 Å². The molecule has 1 aliphatic rings. The molecule has 0 bridgehead atoms. The molecule has 3 heteroatoms. The Hall–Kier alpha value is -2.13. The zero-order chi connectivity index (χ0) is 16.7. The Balaban J connectivity index is 2.22. The van der Waals surface area contributed by atoms with Gasteiger partial charge in [0.15, 0.2) is 0 Å². The van der Waals surface area contributed by atoms with E-state index in [1.165, 1.54) is 7.11 Å². The minimum atomic E-state index is -1.07. The molecule has 0 saturated heterocycles. The number of aliphatic hydroxyl groups is 1. The van der Waals surface area contributed by atoms with E-state index in [2.05, 4.69) is 13.8 Å². The van der Waals surface area contributed by atoms with Gasteiger partial charge < -0.3 is 9.84 Å². The summed E-state index contributed by atoms with van der Waals surface area (Å²) >= 11 is 0. The lowest BCUT2D eigenvalue weighted by molar-refractivity contribution is 0.0490. The van der Waals surface area contributed by atoms with Gasteiger partial charge in [-0.3, -0.25) is 0 Å². The third-order valence-electron chi connectivity index (χ3n) is 4.98. The molecule has 23 heavy (non-hydrogen) atoms. The summed E-state index contributed by atoms with van der Waals surface area (Å²) in [5.41, 5.74) is 2.11. The lowest BCUT2D eigenvalue weighted by atomic mass is 9.64. The summed E-state index contributed by atoms with van der Waals surface area (Å²) < 4.78 is 4.83. The zero-order valence-corrected chi connectivity index (χ0v) is 13.8. The highest BCUT2D eigenvalue weighted by atomic mass is 16.5. The molecule has 120 valence electrons. The zero-order valence-electron chi connectivity index (χ0n) is 13.8. The van der Waals surface area contributed by atoms with Crippen molar-refractivity contribution < 1.29 is 14.6 Å². The lowest BCUT2D eigenvalue weighted by Crippen LogP contribution is -2.38. The van der Waals surface area contributed by atoms with Gasteiger partial charge in [0.2, 0.25) is 0 Å². The van der Waals surface area contributed by atoms with Crippen LogP contribution >= 0.6 is 0 Å². The molecule has 0 aliphatic heterocycles. The number of fused-ring (bicyclic) bond motifs is 1. The third-order valence-corrected chi connectivity index (χ3v) is 4.98. The molecule has 1 N–H and O–H groups in total. The molecule has 0 spiro atoms. The molecule has 1 unspecified atom stereocenters. The molecule has 0 saturated carbocycles. The SMILES string of the molecule is COC(=O)c1ccc2c(c1)C(O)(c1ccccc1)CCC2(C)C. The Morgan fingerprint density at radius 3 is 2.39 bits per heavy atom. The van der Waals surface area contributed by atoms with Gasteiger partial charge in [-0.25, -0.2) is 4.79 Å². The van der Waals surface area contributed by atoms with Gasteiger partial charge in [0.05, 0.1) is 12.7 Å². The van der Waals surface area contributed by atoms with Gasteiger partial charge in [-0.2, -0.15) is 0 Å². The minimum absolute atomic E-state index is 0.0367. The van der Waals surface area contributed by atoms with Crippen LogP contribution in [-0.2, 0) is 15.8 Å². The third kappa shape index (κ3) is 2.55. The number of hydrogen-bond donors (Lipinski definition) is 1. The van der Waals surface area contributed by atoms with Gasteiger partial charge in [0.25, 0.3) is 0 Å². The predicted molar refractivity (Wildman–Crippen MR) is 89.5 cm³/mol. The van der Waals surface area contributed by atoms with Crippen molar-refractivity contribution in [3.05, 3.63) is 70.8 Å². The molecule has 3 nitrogen and oxygen atoms in total. The van der Waals surface area contributed by atoms with Gasteiger partial charge in [-0.1, -0.05) is 50.2 Å². The quantitative estimate of drug-likeness (QED) is 0.859. The number of rotatable bonds is 2. The number of ether oxygens (including phenoxy) is 1. The lowest BCUT2D eigenvalue weighted by Gasteiger charge is -2.43. The van der Waals surface area contributed by atoms with Crippen LogP contribution in [0.4, 0.5) is 0 Å². The first-order valence-electron chi connectivity index (χ1n) is 7.90. The van der Waals surface area contributed by atoms with Crippen LogP contribution in [0.15, 0.2) is 48.5 Å². The molecule has 1 atom stereocenters. The van der Waals surface area contributed by atoms with E-state index in [4.69, 9.17) is 4.74 Å². The Morgan fingerprint density at radius 2 is 1.74 bits per heavy atom. The molecular formula is C20H22O3. The molecular weight excluding hydrogens is 288 g/mol. The van der Waals surface area contributed by atoms with Gasteiger partial charge >= 0.3 is 5.97 Å². The van der Waals surface area contributed by atoms with Crippen LogP contribution in [-0.4, -0.2) is 18.2 Å². The van der Waals surface area contributed by atoms with E-state index in [1.807, 2.05) is 36.4 Å². The maximum absolute atomic E-state index is 11.9. The second kappa shape index (κ2) is 5.50. The first-order valence-corrected chi connectivity index (χ1v) is 7.90. The van der Waals surface area contributed by atoms with Crippen LogP contribution in [0.1, 0.15) is 53.7 Å². The molecule has 0 amide bonds. The van der Waals surface area contributed by atoms with Crippen LogP contribution in [0.25, 0.3) is 0 Å². The van der Waals surface area contributed by atoms with E-state index < -0.39 is 5.60 Å². The monoisotopic (exact) mass is 310 g/mol. The number of methoxy groups -OCH3 is 1. The summed E-state index contributed by atoms with van der Waals surface area (Å²) in [7, 11) is 1.37. The topological polar surface area (TPSA) is 46.5 Å². The molecule has 0 aromatic heterocycles. The molecule has 2 aromatic carbocycles. The van der Waals surface area contributed by atoms with E-state index in [1.54, 1.807) is 12.1 Å². The highest BCUT2D eigenvalue weighted by Gasteiger charge is 2.42. The molecule has 3 rings (SSSR count). The number of carbonyl (C=O) groups is 1. The van der Waals surface area contributed by atoms with E-state index in [9.17, 15) is 9.90 Å². The summed E-state index contributed by atoms with van der Waals surface area (Å²) in [6.07, 6.45) is 1.50. The van der Waals surface area contributed by atoms with Crippen molar-refractivity contribution in [3.8, 4) is 0 Å². The second-order valence-corrected chi connectivity index (χ2v) is 6.86. The van der Waals surface area contributed by atoms with Crippen molar-refractivity contribution in [1.82, 2.24) is 0 Å². The molecule has 0 radical (unpaired) electrons. The Morgan fingerprint density at radius 1 is 1.04 bits per heavy atom. The normalized spacial score (nSPS) is 22.3. The van der Waals surface area contributed by atoms with Crippen LogP contribution in [0, 0.1) is 0 Å². The fourth-order valence-corrected chi connectivity index (χ4v) is 3.50. The van der Waals surface area contributed by atoms with Crippen molar-refractivity contribution in [3.63, 3.8) is 0 Å². The summed E-state index contributed by atoms with van der Waals surface area (Å²) in [5.74, 6) is -0.383. The maximum atomic E-state index is 11.9. The smallest absolute Gasteiger partial charge is 0.337 e. The fraction of sp³-hybridized carbons (Fsp3) is 0.350. The molecule has 0 fully saturated rings. The van der Waals surface area contributed by atoms with Crippen LogP contribution in [0.2, 0.25) is 0 Å². The Kier molecular flexibility index (Phi) is 3.77. The average Bonchev–Trinajstić information content (AvgIpc) is 2.58. The fourth-order valence-electron chi connectivity index (χ4n) is 3.50. The van der Waals surface area contributed by atoms with E-state index >= 15 is 0 Å². The summed E-state index contributed by atoms with van der Waals surface area (Å²) in [6, 6.07) is 15.2. The maximum Gasteiger partial charge on any atom is 0.337 e. The van der Waals surface area contributed by atoms with Crippen LogP contribution < -0.4 is 0 Å². The predicted octanol–water partition coefficient (Wildman–Crippen LogP) is 3.78. The number of hydrogen-bond acceptors (Lipinski definition) is 3. The highest BCUT2D eigenvalue weighted by Crippen LogP contribution is 2.48. The van der Waals surface area contributed by atoms with E-state index in [-0.39, 0.29) is 11.4 Å². The van der Waals surface area contributed by atoms with Crippen molar-refractivity contribution in [2.45, 2.75) is 37.7 Å². The standard InChI is InChI=1S/C20H22O3/c1-19(2)11-12-20(22,15-7-5-4-6-8-15)17-13-14(18(21)23-3)9-10-16(17)19/h4-10,13,22H,11-12H2,1-3H3. The van der Waals surface area contributed by atoms with Crippen molar-refractivity contribution in [2.75, 3.05) is 7.11 Å². The summed E-state index contributed by atoms with van der Waals surface area (Å²) in [4.78, 5) is 11.9. The van der Waals surface area contributed by atoms with Crippen molar-refractivity contribution >= 4 is 5.97 Å². The first kappa shape index (κ1) is 15.8. The second-order valence-electron chi connectivity index (χ2n) is 6.86. The van der Waals surface area contributed by atoms with Crippen LogP contribution in [0.5, 0.6) is 0 Å². The highest BCUT2D eigenvalue weighted by molar-refractivity contribution is 5.89. The average molecular weight is 310 g/mol. The molecule has 0 heterocycles. The van der Waals surface area contributed by atoms with Gasteiger partial charge in [0, 0.05) is 0 Å². The van der Waals surface area contributed by atoms with Gasteiger partial charge in [0.1, 0.15) is 5.60 Å². The number of benzene rings is 2. The van der Waals surface area contributed by atoms with Gasteiger partial charge in [-0.15, -0.1) is 0 Å². The van der Waals surface area contributed by atoms with E-state index in [0.717, 1.165) is 23.1 Å². The minimum Gasteiger partial charge on any atom is -0.465 e. The van der Waals surface area contributed by atoms with Crippen molar-refractivity contribution in [2.24, 2.45) is 0 Å². The number of carbonyl (C=O) groups excluding carboxylic acids is 1. The largest absolute Gasteiger partial charge is 0.465 e. The van der Waals surface area contributed by atoms with Crippen molar-refractivity contribution in [1.29, 1.82) is 0 Å². The first-order chi connectivity index (χ1) is 10.9. The van der Waals surface area contributed by atoms with E-state index in [0.29, 0.717) is 12.0 Å². The number of esters is 1. The Labute approximate surface area is 136 Å². The Bertz CT molecular complexity index is 734. The van der Waals surface area contributed by atoms with Gasteiger partial charge in [-0.05, 0) is 47.1 Å². The molecule has 2 aromatic rings. The molecule has 1 aliphatic carbocycles. The summed E-state index contributed by atoms with van der Waals surface area (Å²) in [6.45, 7) is 4.35. The summed E-state index contributed by atoms with van der Waals surface area (Å²) in [5, 5.41) is 11.5.